The van der Waals surface area contributed by atoms with Gasteiger partial charge in [-0.25, -0.2) is 9.37 Å². The van der Waals surface area contributed by atoms with Gasteiger partial charge < -0.3 is 10.1 Å². The van der Waals surface area contributed by atoms with Crippen LogP contribution in [-0.4, -0.2) is 12.0 Å². The van der Waals surface area contributed by atoms with Gasteiger partial charge in [-0.1, -0.05) is 23.2 Å². The van der Waals surface area contributed by atoms with Gasteiger partial charge in [0.2, 0.25) is 5.88 Å². The molecule has 0 bridgehead atoms. The normalized spacial score (nSPS) is 10.5. The first kappa shape index (κ1) is 14.1. The summed E-state index contributed by atoms with van der Waals surface area (Å²) in [5, 5.41) is 3.58. The molecule has 0 fully saturated rings. The molecule has 6 heteroatoms. The number of hydrogen-bond acceptors (Lipinski definition) is 3. The molecule has 0 atom stereocenters. The van der Waals surface area contributed by atoms with Gasteiger partial charge in [-0.3, -0.25) is 0 Å². The third-order valence-electron chi connectivity index (χ3n) is 2.39. The van der Waals surface area contributed by atoms with E-state index < -0.39 is 5.82 Å². The quantitative estimate of drug-likeness (QED) is 0.925. The van der Waals surface area contributed by atoms with Gasteiger partial charge in [0.05, 0.1) is 10.0 Å². The van der Waals surface area contributed by atoms with Crippen LogP contribution in [0.25, 0.3) is 0 Å². The number of aromatic nitrogens is 1. The average molecular weight is 301 g/mol. The van der Waals surface area contributed by atoms with E-state index in [4.69, 9.17) is 27.9 Å². The lowest BCUT2D eigenvalue weighted by atomic mass is 10.2. The second-order valence-corrected chi connectivity index (χ2v) is 4.64. The molecule has 1 aromatic heterocycles. The third-order valence-corrected chi connectivity index (χ3v) is 3.04. The summed E-state index contributed by atoms with van der Waals surface area (Å²) in [5.74, 6) is 0.132. The first-order valence-corrected chi connectivity index (χ1v) is 6.27. The molecule has 1 N–H and O–H groups in total. The van der Waals surface area contributed by atoms with Crippen LogP contribution in [-0.2, 0) is 6.54 Å². The smallest absolute Gasteiger partial charge is 0.219 e. The highest BCUT2D eigenvalue weighted by atomic mass is 35.5. The number of pyridine rings is 1. The van der Waals surface area contributed by atoms with Crippen LogP contribution in [0.5, 0.6) is 11.6 Å². The summed E-state index contributed by atoms with van der Waals surface area (Å²) in [5.41, 5.74) is 0.851. The van der Waals surface area contributed by atoms with Crippen molar-refractivity contribution in [2.45, 2.75) is 6.54 Å². The SMILES string of the molecule is CNCc1cc(Oc2ccc(Cl)c(F)c2)ncc1Cl. The minimum atomic E-state index is -0.538. The average Bonchev–Trinajstić information content (AvgIpc) is 2.38. The third kappa shape index (κ3) is 3.56. The fourth-order valence-corrected chi connectivity index (χ4v) is 1.79. The van der Waals surface area contributed by atoms with Crippen molar-refractivity contribution in [3.8, 4) is 11.6 Å². The molecule has 0 saturated carbocycles. The highest BCUT2D eigenvalue weighted by molar-refractivity contribution is 6.31. The molecule has 0 aliphatic carbocycles. The molecular formula is C13H11Cl2FN2O. The van der Waals surface area contributed by atoms with Crippen LogP contribution in [0.1, 0.15) is 5.56 Å². The Morgan fingerprint density at radius 1 is 1.26 bits per heavy atom. The Morgan fingerprint density at radius 3 is 2.74 bits per heavy atom. The number of rotatable bonds is 4. The summed E-state index contributed by atoms with van der Waals surface area (Å²) < 4.78 is 18.7. The number of benzene rings is 1. The molecule has 2 rings (SSSR count). The molecule has 19 heavy (non-hydrogen) atoms. The molecule has 0 aliphatic rings. The largest absolute Gasteiger partial charge is 0.439 e. The van der Waals surface area contributed by atoms with Crippen molar-refractivity contribution in [3.05, 3.63) is 51.9 Å². The fourth-order valence-electron chi connectivity index (χ4n) is 1.50. The maximum absolute atomic E-state index is 13.3. The molecule has 0 radical (unpaired) electrons. The molecule has 0 spiro atoms. The monoisotopic (exact) mass is 300 g/mol. The highest BCUT2D eigenvalue weighted by Gasteiger charge is 2.07. The van der Waals surface area contributed by atoms with E-state index in [0.29, 0.717) is 23.2 Å². The molecular weight excluding hydrogens is 290 g/mol. The zero-order valence-corrected chi connectivity index (χ0v) is 11.6. The van der Waals surface area contributed by atoms with Crippen LogP contribution in [0.4, 0.5) is 4.39 Å². The molecule has 0 unspecified atom stereocenters. The predicted molar refractivity (Wildman–Crippen MR) is 73.5 cm³/mol. The first-order valence-electron chi connectivity index (χ1n) is 5.52. The van der Waals surface area contributed by atoms with Gasteiger partial charge in [0.15, 0.2) is 0 Å². The standard InChI is InChI=1S/C13H11Cl2FN2O/c1-17-6-8-4-13(18-7-11(8)15)19-9-2-3-10(14)12(16)5-9/h2-5,7,17H,6H2,1H3. The number of hydrogen-bond donors (Lipinski definition) is 1. The van der Waals surface area contributed by atoms with Crippen molar-refractivity contribution >= 4 is 23.2 Å². The lowest BCUT2D eigenvalue weighted by Crippen LogP contribution is -2.06. The minimum Gasteiger partial charge on any atom is -0.439 e. The summed E-state index contributed by atoms with van der Waals surface area (Å²) in [6.45, 7) is 0.590. The molecule has 0 saturated heterocycles. The summed E-state index contributed by atoms with van der Waals surface area (Å²) in [4.78, 5) is 4.03. The number of nitrogens with one attached hydrogen (secondary N) is 1. The van der Waals surface area contributed by atoms with E-state index in [0.717, 1.165) is 5.56 Å². The molecule has 1 heterocycles. The second-order valence-electron chi connectivity index (χ2n) is 3.82. The molecule has 100 valence electrons. The molecule has 1 aromatic carbocycles. The van der Waals surface area contributed by atoms with Gasteiger partial charge in [0, 0.05) is 24.9 Å². The second kappa shape index (κ2) is 6.19. The van der Waals surface area contributed by atoms with Crippen molar-refractivity contribution in [3.63, 3.8) is 0 Å². The van der Waals surface area contributed by atoms with Crippen LogP contribution in [0.2, 0.25) is 10.0 Å². The van der Waals surface area contributed by atoms with Crippen LogP contribution in [0.3, 0.4) is 0 Å². The topological polar surface area (TPSA) is 34.1 Å². The Kier molecular flexibility index (Phi) is 4.58. The Labute approximate surface area is 120 Å². The predicted octanol–water partition coefficient (Wildman–Crippen LogP) is 4.04. The van der Waals surface area contributed by atoms with E-state index in [1.807, 2.05) is 7.05 Å². The van der Waals surface area contributed by atoms with E-state index in [-0.39, 0.29) is 5.02 Å². The lowest BCUT2D eigenvalue weighted by molar-refractivity contribution is 0.457. The maximum atomic E-state index is 13.3. The maximum Gasteiger partial charge on any atom is 0.219 e. The van der Waals surface area contributed by atoms with Crippen LogP contribution < -0.4 is 10.1 Å². The zero-order valence-electron chi connectivity index (χ0n) is 10.1. The van der Waals surface area contributed by atoms with E-state index in [2.05, 4.69) is 10.3 Å². The van der Waals surface area contributed by atoms with Gasteiger partial charge in [-0.15, -0.1) is 0 Å². The van der Waals surface area contributed by atoms with Gasteiger partial charge in [0.25, 0.3) is 0 Å². The Balaban J connectivity index is 2.22. The van der Waals surface area contributed by atoms with Crippen molar-refractivity contribution < 1.29 is 9.13 Å². The lowest BCUT2D eigenvalue weighted by Gasteiger charge is -2.08. The Morgan fingerprint density at radius 2 is 2.05 bits per heavy atom. The summed E-state index contributed by atoms with van der Waals surface area (Å²) in [7, 11) is 1.81. The van der Waals surface area contributed by atoms with Crippen LogP contribution in [0.15, 0.2) is 30.5 Å². The molecule has 0 aliphatic heterocycles. The van der Waals surface area contributed by atoms with Gasteiger partial charge in [-0.05, 0) is 24.7 Å². The molecule has 2 aromatic rings. The van der Waals surface area contributed by atoms with Gasteiger partial charge in [-0.2, -0.15) is 0 Å². The van der Waals surface area contributed by atoms with Crippen LogP contribution >= 0.6 is 23.2 Å². The van der Waals surface area contributed by atoms with Gasteiger partial charge in [0.1, 0.15) is 11.6 Å². The van der Waals surface area contributed by atoms with Crippen molar-refractivity contribution in [1.29, 1.82) is 0 Å². The fraction of sp³-hybridized carbons (Fsp3) is 0.154. The molecule has 3 nitrogen and oxygen atoms in total. The number of nitrogens with zero attached hydrogens (tertiary/aromatic N) is 1. The number of ether oxygens (including phenoxy) is 1. The van der Waals surface area contributed by atoms with E-state index in [9.17, 15) is 4.39 Å². The zero-order chi connectivity index (χ0) is 13.8. The van der Waals surface area contributed by atoms with Crippen LogP contribution in [0, 0.1) is 5.82 Å². The van der Waals surface area contributed by atoms with Crippen molar-refractivity contribution in [2.75, 3.05) is 7.05 Å². The number of halogens is 3. The Bertz CT molecular complexity index is 593. The van der Waals surface area contributed by atoms with E-state index >= 15 is 0 Å². The highest BCUT2D eigenvalue weighted by Crippen LogP contribution is 2.26. The van der Waals surface area contributed by atoms with Crippen molar-refractivity contribution in [1.82, 2.24) is 10.3 Å². The summed E-state index contributed by atoms with van der Waals surface area (Å²) >= 11 is 11.6. The minimum absolute atomic E-state index is 0.0484. The van der Waals surface area contributed by atoms with E-state index in [1.54, 1.807) is 12.1 Å². The van der Waals surface area contributed by atoms with Gasteiger partial charge >= 0.3 is 0 Å². The van der Waals surface area contributed by atoms with E-state index in [1.165, 1.54) is 18.3 Å². The summed E-state index contributed by atoms with van der Waals surface area (Å²) in [6.07, 6.45) is 1.50. The first-order chi connectivity index (χ1) is 9.10. The summed E-state index contributed by atoms with van der Waals surface area (Å²) in [6, 6.07) is 5.90. The van der Waals surface area contributed by atoms with Crippen molar-refractivity contribution in [2.24, 2.45) is 0 Å². The molecule has 0 amide bonds. The Hall–Kier alpha value is -1.36.